The number of nitrogens with one attached hydrogen (secondary N) is 1. The zero-order valence-corrected chi connectivity index (χ0v) is 12.6. The summed E-state index contributed by atoms with van der Waals surface area (Å²) in [6.45, 7) is 5.47. The Hall–Kier alpha value is -1.17. The first kappa shape index (κ1) is 15.9. The molecule has 0 bridgehead atoms. The SMILES string of the molecule is CC(C)(C)OC(=O)CCNc1cc(F)c(Br)cc1F. The van der Waals surface area contributed by atoms with Gasteiger partial charge in [0.15, 0.2) is 0 Å². The number of ether oxygens (including phenoxy) is 1. The van der Waals surface area contributed by atoms with E-state index in [1.165, 1.54) is 0 Å². The number of carbonyl (C=O) groups is 1. The van der Waals surface area contributed by atoms with Gasteiger partial charge in [-0.1, -0.05) is 0 Å². The molecule has 0 amide bonds. The lowest BCUT2D eigenvalue weighted by molar-refractivity contribution is -0.154. The molecule has 6 heteroatoms. The van der Waals surface area contributed by atoms with Crippen molar-refractivity contribution in [3.8, 4) is 0 Å². The van der Waals surface area contributed by atoms with Crippen molar-refractivity contribution in [2.45, 2.75) is 32.8 Å². The summed E-state index contributed by atoms with van der Waals surface area (Å²) < 4.78 is 31.8. The molecular weight excluding hydrogens is 320 g/mol. The van der Waals surface area contributed by atoms with Gasteiger partial charge in [-0.05, 0) is 42.8 Å². The Kier molecular flexibility index (Phi) is 5.29. The van der Waals surface area contributed by atoms with Gasteiger partial charge in [0, 0.05) is 12.6 Å². The third-order valence-electron chi connectivity index (χ3n) is 2.07. The van der Waals surface area contributed by atoms with E-state index < -0.39 is 23.2 Å². The van der Waals surface area contributed by atoms with Gasteiger partial charge in [-0.25, -0.2) is 8.78 Å². The Balaban J connectivity index is 2.50. The molecule has 0 fully saturated rings. The van der Waals surface area contributed by atoms with Crippen molar-refractivity contribution in [1.82, 2.24) is 0 Å². The van der Waals surface area contributed by atoms with Crippen LogP contribution >= 0.6 is 15.9 Å². The van der Waals surface area contributed by atoms with Crippen molar-refractivity contribution in [2.75, 3.05) is 11.9 Å². The molecule has 0 aliphatic rings. The first-order valence-corrected chi connectivity index (χ1v) is 6.58. The molecule has 0 atom stereocenters. The summed E-state index contributed by atoms with van der Waals surface area (Å²) in [5.41, 5.74) is -0.532. The van der Waals surface area contributed by atoms with Gasteiger partial charge < -0.3 is 10.1 Å². The van der Waals surface area contributed by atoms with Crippen LogP contribution in [0.1, 0.15) is 27.2 Å². The maximum absolute atomic E-state index is 13.5. The molecule has 106 valence electrons. The van der Waals surface area contributed by atoms with Crippen LogP contribution in [-0.4, -0.2) is 18.1 Å². The number of hydrogen-bond acceptors (Lipinski definition) is 3. The molecule has 1 aromatic rings. The maximum Gasteiger partial charge on any atom is 0.308 e. The van der Waals surface area contributed by atoms with Gasteiger partial charge in [-0.2, -0.15) is 0 Å². The number of anilines is 1. The van der Waals surface area contributed by atoms with Gasteiger partial charge in [0.25, 0.3) is 0 Å². The smallest absolute Gasteiger partial charge is 0.308 e. The van der Waals surface area contributed by atoms with E-state index in [2.05, 4.69) is 21.2 Å². The molecule has 1 N–H and O–H groups in total. The summed E-state index contributed by atoms with van der Waals surface area (Å²) in [6, 6.07) is 2.07. The molecule has 1 rings (SSSR count). The van der Waals surface area contributed by atoms with E-state index in [1.807, 2.05) is 0 Å². The molecule has 0 radical (unpaired) electrons. The summed E-state index contributed by atoms with van der Waals surface area (Å²) >= 11 is 2.89. The van der Waals surface area contributed by atoms with Gasteiger partial charge in [0.05, 0.1) is 16.6 Å². The summed E-state index contributed by atoms with van der Waals surface area (Å²) in [5, 5.41) is 2.66. The van der Waals surface area contributed by atoms with Crippen molar-refractivity contribution < 1.29 is 18.3 Å². The highest BCUT2D eigenvalue weighted by atomic mass is 79.9. The topological polar surface area (TPSA) is 38.3 Å². The van der Waals surface area contributed by atoms with Gasteiger partial charge in [0.1, 0.15) is 17.2 Å². The van der Waals surface area contributed by atoms with Crippen LogP contribution in [0.3, 0.4) is 0 Å². The molecule has 0 saturated carbocycles. The minimum Gasteiger partial charge on any atom is -0.460 e. The summed E-state index contributed by atoms with van der Waals surface area (Å²) in [4.78, 5) is 11.4. The van der Waals surface area contributed by atoms with Gasteiger partial charge >= 0.3 is 5.97 Å². The number of rotatable bonds is 4. The van der Waals surface area contributed by atoms with E-state index in [9.17, 15) is 13.6 Å². The second-order valence-corrected chi connectivity index (χ2v) is 5.86. The Labute approximate surface area is 119 Å². The van der Waals surface area contributed by atoms with E-state index in [0.29, 0.717) is 0 Å². The third kappa shape index (κ3) is 5.55. The average molecular weight is 336 g/mol. The van der Waals surface area contributed by atoms with Crippen LogP contribution in [0.5, 0.6) is 0 Å². The third-order valence-corrected chi connectivity index (χ3v) is 2.68. The molecule has 0 saturated heterocycles. The van der Waals surface area contributed by atoms with E-state index in [1.54, 1.807) is 20.8 Å². The molecule has 0 aromatic heterocycles. The molecule has 0 spiro atoms. The quantitative estimate of drug-likeness (QED) is 0.670. The normalized spacial score (nSPS) is 11.3. The molecule has 0 aliphatic heterocycles. The number of benzene rings is 1. The predicted molar refractivity (Wildman–Crippen MR) is 73.0 cm³/mol. The second kappa shape index (κ2) is 6.32. The lowest BCUT2D eigenvalue weighted by Crippen LogP contribution is -2.25. The summed E-state index contributed by atoms with van der Waals surface area (Å²) in [7, 11) is 0. The fourth-order valence-corrected chi connectivity index (χ4v) is 1.67. The first-order valence-electron chi connectivity index (χ1n) is 5.79. The number of esters is 1. The number of carbonyl (C=O) groups excluding carboxylic acids is 1. The zero-order chi connectivity index (χ0) is 14.6. The standard InChI is InChI=1S/C13H16BrF2NO2/c1-13(2,3)19-12(18)4-5-17-11-7-9(15)8(14)6-10(11)16/h6-7,17H,4-5H2,1-3H3. The van der Waals surface area contributed by atoms with Crippen LogP contribution < -0.4 is 5.32 Å². The van der Waals surface area contributed by atoms with Gasteiger partial charge in [0.2, 0.25) is 0 Å². The molecule has 1 aromatic carbocycles. The molecule has 19 heavy (non-hydrogen) atoms. The summed E-state index contributed by atoms with van der Waals surface area (Å²) in [6.07, 6.45) is 0.0778. The van der Waals surface area contributed by atoms with Crippen LogP contribution in [0.4, 0.5) is 14.5 Å². The maximum atomic E-state index is 13.5. The van der Waals surface area contributed by atoms with Crippen molar-refractivity contribution >= 4 is 27.6 Å². The highest BCUT2D eigenvalue weighted by Crippen LogP contribution is 2.23. The monoisotopic (exact) mass is 335 g/mol. The van der Waals surface area contributed by atoms with Crippen LogP contribution in [0.15, 0.2) is 16.6 Å². The second-order valence-electron chi connectivity index (χ2n) is 5.01. The van der Waals surface area contributed by atoms with E-state index in [-0.39, 0.29) is 23.1 Å². The van der Waals surface area contributed by atoms with Crippen LogP contribution in [0.25, 0.3) is 0 Å². The van der Waals surface area contributed by atoms with Crippen molar-refractivity contribution in [2.24, 2.45) is 0 Å². The highest BCUT2D eigenvalue weighted by molar-refractivity contribution is 9.10. The first-order chi connectivity index (χ1) is 8.69. The molecule has 3 nitrogen and oxygen atoms in total. The fraction of sp³-hybridized carbons (Fsp3) is 0.462. The molecule has 0 aliphatic carbocycles. The molecule has 0 heterocycles. The predicted octanol–water partition coefficient (Wildman–Crippen LogP) is 3.87. The largest absolute Gasteiger partial charge is 0.460 e. The summed E-state index contributed by atoms with van der Waals surface area (Å²) in [5.74, 6) is -1.54. The minimum atomic E-state index is -0.586. The van der Waals surface area contributed by atoms with Crippen molar-refractivity contribution in [3.63, 3.8) is 0 Å². The van der Waals surface area contributed by atoms with Gasteiger partial charge in [-0.3, -0.25) is 4.79 Å². The van der Waals surface area contributed by atoms with Gasteiger partial charge in [-0.15, -0.1) is 0 Å². The van der Waals surface area contributed by atoms with Crippen molar-refractivity contribution in [3.05, 3.63) is 28.2 Å². The van der Waals surface area contributed by atoms with Crippen LogP contribution in [0, 0.1) is 11.6 Å². The van der Waals surface area contributed by atoms with E-state index >= 15 is 0 Å². The lowest BCUT2D eigenvalue weighted by Gasteiger charge is -2.19. The number of hydrogen-bond donors (Lipinski definition) is 1. The Morgan fingerprint density at radius 2 is 1.95 bits per heavy atom. The van der Waals surface area contributed by atoms with E-state index in [4.69, 9.17) is 4.74 Å². The van der Waals surface area contributed by atoms with E-state index in [0.717, 1.165) is 12.1 Å². The Morgan fingerprint density at radius 1 is 1.32 bits per heavy atom. The molecular formula is C13H16BrF2NO2. The zero-order valence-electron chi connectivity index (χ0n) is 11.0. The molecule has 0 unspecified atom stereocenters. The highest BCUT2D eigenvalue weighted by Gasteiger charge is 2.16. The lowest BCUT2D eigenvalue weighted by atomic mass is 10.2. The fourth-order valence-electron chi connectivity index (χ4n) is 1.35. The van der Waals surface area contributed by atoms with Crippen LogP contribution in [-0.2, 0) is 9.53 Å². The average Bonchev–Trinajstić information content (AvgIpc) is 2.22. The number of halogens is 3. The Morgan fingerprint density at radius 3 is 2.53 bits per heavy atom. The van der Waals surface area contributed by atoms with Crippen molar-refractivity contribution in [1.29, 1.82) is 0 Å². The Bertz CT molecular complexity index is 472. The minimum absolute atomic E-state index is 0.0178. The van der Waals surface area contributed by atoms with Crippen LogP contribution in [0.2, 0.25) is 0 Å².